The highest BCUT2D eigenvalue weighted by Crippen LogP contribution is 2.21. The van der Waals surface area contributed by atoms with Crippen LogP contribution >= 0.6 is 0 Å². The van der Waals surface area contributed by atoms with Crippen molar-refractivity contribution in [2.24, 2.45) is 0 Å². The standard InChI is InChI=1S/C12H17O2/c1-9(13)10-5-7-11(8-6-10)14-12(2,3)4/h5-9H,1-4H3. The molecule has 0 bridgehead atoms. The van der Waals surface area contributed by atoms with Gasteiger partial charge < -0.3 is 4.74 Å². The number of hydrogen-bond donors (Lipinski definition) is 0. The topological polar surface area (TPSA) is 29.1 Å². The van der Waals surface area contributed by atoms with Crippen molar-refractivity contribution in [2.45, 2.75) is 39.4 Å². The molecule has 0 aromatic heterocycles. The molecule has 1 rings (SSSR count). The Morgan fingerprint density at radius 2 is 1.64 bits per heavy atom. The molecule has 0 heterocycles. The van der Waals surface area contributed by atoms with E-state index in [0.717, 1.165) is 11.3 Å². The van der Waals surface area contributed by atoms with Gasteiger partial charge in [0.1, 0.15) is 17.5 Å². The van der Waals surface area contributed by atoms with Crippen LogP contribution in [0.5, 0.6) is 5.75 Å². The average molecular weight is 193 g/mol. The zero-order valence-corrected chi connectivity index (χ0v) is 9.20. The van der Waals surface area contributed by atoms with Crippen molar-refractivity contribution in [1.82, 2.24) is 0 Å². The molecule has 1 unspecified atom stereocenters. The average Bonchev–Trinajstić information content (AvgIpc) is 2.02. The fraction of sp³-hybridized carbons (Fsp3) is 0.500. The van der Waals surface area contributed by atoms with Gasteiger partial charge in [0.05, 0.1) is 0 Å². The molecule has 1 aromatic carbocycles. The minimum Gasteiger partial charge on any atom is -0.488 e. The first kappa shape index (κ1) is 11.1. The summed E-state index contributed by atoms with van der Waals surface area (Å²) in [6, 6.07) is 7.32. The van der Waals surface area contributed by atoms with Crippen LogP contribution in [0.2, 0.25) is 0 Å². The minimum absolute atomic E-state index is 0.190. The first-order valence-electron chi connectivity index (χ1n) is 4.83. The van der Waals surface area contributed by atoms with Crippen molar-refractivity contribution in [3.8, 4) is 5.75 Å². The zero-order valence-electron chi connectivity index (χ0n) is 9.20. The molecule has 1 aromatic rings. The Balaban J connectivity index is 2.74. The van der Waals surface area contributed by atoms with E-state index in [1.165, 1.54) is 0 Å². The highest BCUT2D eigenvalue weighted by atomic mass is 16.5. The van der Waals surface area contributed by atoms with Gasteiger partial charge in [0, 0.05) is 0 Å². The van der Waals surface area contributed by atoms with Crippen molar-refractivity contribution in [3.05, 3.63) is 29.8 Å². The second kappa shape index (κ2) is 4.01. The Kier molecular flexibility index (Phi) is 3.17. The van der Waals surface area contributed by atoms with E-state index in [0.29, 0.717) is 0 Å². The predicted octanol–water partition coefficient (Wildman–Crippen LogP) is 3.36. The van der Waals surface area contributed by atoms with Crippen molar-refractivity contribution >= 4 is 0 Å². The van der Waals surface area contributed by atoms with Crippen LogP contribution in [-0.2, 0) is 5.11 Å². The summed E-state index contributed by atoms with van der Waals surface area (Å²) in [6.45, 7) is 7.63. The lowest BCUT2D eigenvalue weighted by molar-refractivity contribution is 0.106. The highest BCUT2D eigenvalue weighted by Gasteiger charge is 2.11. The van der Waals surface area contributed by atoms with Gasteiger partial charge in [0.15, 0.2) is 0 Å². The SMILES string of the molecule is CC([O])c1ccc(OC(C)(C)C)cc1. The molecule has 14 heavy (non-hydrogen) atoms. The van der Waals surface area contributed by atoms with Crippen molar-refractivity contribution < 1.29 is 9.84 Å². The molecule has 1 radical (unpaired) electrons. The number of hydrogen-bond acceptors (Lipinski definition) is 1. The van der Waals surface area contributed by atoms with Crippen LogP contribution in [0.15, 0.2) is 24.3 Å². The van der Waals surface area contributed by atoms with Crippen LogP contribution in [-0.4, -0.2) is 5.60 Å². The Labute approximate surface area is 85.5 Å². The summed E-state index contributed by atoms with van der Waals surface area (Å²) in [7, 11) is 0. The molecule has 0 N–H and O–H groups in total. The smallest absolute Gasteiger partial charge is 0.120 e. The van der Waals surface area contributed by atoms with E-state index in [1.54, 1.807) is 6.92 Å². The Bertz CT molecular complexity index is 280. The van der Waals surface area contributed by atoms with Gasteiger partial charge in [-0.2, -0.15) is 0 Å². The first-order chi connectivity index (χ1) is 6.38. The van der Waals surface area contributed by atoms with Gasteiger partial charge in [-0.3, -0.25) is 0 Å². The summed E-state index contributed by atoms with van der Waals surface area (Å²) >= 11 is 0. The van der Waals surface area contributed by atoms with Crippen LogP contribution in [0.4, 0.5) is 0 Å². The van der Waals surface area contributed by atoms with Gasteiger partial charge in [0.2, 0.25) is 0 Å². The van der Waals surface area contributed by atoms with Gasteiger partial charge in [-0.1, -0.05) is 12.1 Å². The number of ether oxygens (including phenoxy) is 1. The monoisotopic (exact) mass is 193 g/mol. The quantitative estimate of drug-likeness (QED) is 0.708. The van der Waals surface area contributed by atoms with Crippen molar-refractivity contribution in [2.75, 3.05) is 0 Å². The summed E-state index contributed by atoms with van der Waals surface area (Å²) < 4.78 is 5.63. The minimum atomic E-state index is -0.668. The third kappa shape index (κ3) is 3.38. The van der Waals surface area contributed by atoms with E-state index in [1.807, 2.05) is 45.0 Å². The van der Waals surface area contributed by atoms with Crippen LogP contribution in [0.25, 0.3) is 0 Å². The van der Waals surface area contributed by atoms with E-state index >= 15 is 0 Å². The van der Waals surface area contributed by atoms with Crippen LogP contribution in [0.3, 0.4) is 0 Å². The van der Waals surface area contributed by atoms with Gasteiger partial charge in [-0.25, -0.2) is 5.11 Å². The number of rotatable bonds is 2. The summed E-state index contributed by atoms with van der Waals surface area (Å²) in [4.78, 5) is 0. The predicted molar refractivity (Wildman–Crippen MR) is 55.9 cm³/mol. The fourth-order valence-electron chi connectivity index (χ4n) is 1.16. The van der Waals surface area contributed by atoms with E-state index < -0.39 is 6.10 Å². The van der Waals surface area contributed by atoms with Gasteiger partial charge >= 0.3 is 0 Å². The van der Waals surface area contributed by atoms with Crippen LogP contribution in [0, 0.1) is 0 Å². The maximum Gasteiger partial charge on any atom is 0.120 e. The normalized spacial score (nSPS) is 13.8. The molecule has 0 aliphatic rings. The van der Waals surface area contributed by atoms with E-state index in [9.17, 15) is 5.11 Å². The summed E-state index contributed by atoms with van der Waals surface area (Å²) in [5, 5.41) is 11.1. The molecule has 0 amide bonds. The van der Waals surface area contributed by atoms with Gasteiger partial charge in [-0.15, -0.1) is 0 Å². The highest BCUT2D eigenvalue weighted by molar-refractivity contribution is 5.28. The Morgan fingerprint density at radius 1 is 1.14 bits per heavy atom. The fourth-order valence-corrected chi connectivity index (χ4v) is 1.16. The van der Waals surface area contributed by atoms with Crippen molar-refractivity contribution in [1.29, 1.82) is 0 Å². The Morgan fingerprint density at radius 3 is 2.00 bits per heavy atom. The third-order valence-electron chi connectivity index (χ3n) is 1.77. The zero-order chi connectivity index (χ0) is 10.8. The summed E-state index contributed by atoms with van der Waals surface area (Å²) in [5.74, 6) is 0.807. The molecule has 0 aliphatic heterocycles. The second-order valence-corrected chi connectivity index (χ2v) is 4.43. The molecule has 0 saturated heterocycles. The molecule has 0 spiro atoms. The summed E-state index contributed by atoms with van der Waals surface area (Å²) in [6.07, 6.45) is -0.668. The van der Waals surface area contributed by atoms with E-state index in [2.05, 4.69) is 0 Å². The number of benzene rings is 1. The molecule has 1 atom stereocenters. The summed E-state index contributed by atoms with van der Waals surface area (Å²) in [5.41, 5.74) is 0.608. The van der Waals surface area contributed by atoms with E-state index in [-0.39, 0.29) is 5.60 Å². The lowest BCUT2D eigenvalue weighted by Crippen LogP contribution is -2.22. The Hall–Kier alpha value is -1.02. The van der Waals surface area contributed by atoms with Gasteiger partial charge in [0.25, 0.3) is 0 Å². The second-order valence-electron chi connectivity index (χ2n) is 4.43. The molecule has 0 aliphatic carbocycles. The lowest BCUT2D eigenvalue weighted by Gasteiger charge is -2.21. The van der Waals surface area contributed by atoms with Crippen LogP contribution in [0.1, 0.15) is 39.4 Å². The third-order valence-corrected chi connectivity index (χ3v) is 1.77. The lowest BCUT2D eigenvalue weighted by atomic mass is 10.1. The first-order valence-corrected chi connectivity index (χ1v) is 4.83. The maximum absolute atomic E-state index is 11.1. The molecule has 77 valence electrons. The van der Waals surface area contributed by atoms with Gasteiger partial charge in [-0.05, 0) is 45.4 Å². The largest absolute Gasteiger partial charge is 0.488 e. The van der Waals surface area contributed by atoms with Crippen molar-refractivity contribution in [3.63, 3.8) is 0 Å². The van der Waals surface area contributed by atoms with Crippen LogP contribution < -0.4 is 4.74 Å². The van der Waals surface area contributed by atoms with E-state index in [4.69, 9.17) is 4.74 Å². The molecule has 0 fully saturated rings. The maximum atomic E-state index is 11.1. The molecular weight excluding hydrogens is 176 g/mol. The molecule has 2 nitrogen and oxygen atoms in total. The molecule has 0 saturated carbocycles. The molecule has 2 heteroatoms. The molecular formula is C12H17O2.